The molecule has 2 aromatic carbocycles. The maximum atomic E-state index is 13.7. The van der Waals surface area contributed by atoms with Crippen LogP contribution in [-0.4, -0.2) is 22.5 Å². The molecule has 0 atom stereocenters. The Bertz CT molecular complexity index is 997. The summed E-state index contributed by atoms with van der Waals surface area (Å²) in [6.07, 6.45) is 1.15. The molecule has 0 aliphatic heterocycles. The molecule has 0 saturated carbocycles. The van der Waals surface area contributed by atoms with E-state index in [2.05, 4.69) is 20.6 Å². The van der Waals surface area contributed by atoms with E-state index in [4.69, 9.17) is 4.74 Å². The van der Waals surface area contributed by atoms with Crippen molar-refractivity contribution in [3.8, 4) is 5.75 Å². The van der Waals surface area contributed by atoms with Crippen molar-refractivity contribution in [3.63, 3.8) is 0 Å². The largest absolute Gasteiger partial charge is 0.494 e. The van der Waals surface area contributed by atoms with E-state index in [1.54, 1.807) is 24.3 Å². The van der Waals surface area contributed by atoms with Crippen molar-refractivity contribution in [2.75, 3.05) is 17.2 Å². The summed E-state index contributed by atoms with van der Waals surface area (Å²) in [5.41, 5.74) is 0.108. The second-order valence-corrected chi connectivity index (χ2v) is 5.55. The van der Waals surface area contributed by atoms with Gasteiger partial charge in [0.1, 0.15) is 23.6 Å². The van der Waals surface area contributed by atoms with Crippen LogP contribution in [0, 0.1) is 17.5 Å². The van der Waals surface area contributed by atoms with Gasteiger partial charge in [0.2, 0.25) is 0 Å². The zero-order chi connectivity index (χ0) is 20.1. The fourth-order valence-electron chi connectivity index (χ4n) is 2.31. The third-order valence-corrected chi connectivity index (χ3v) is 3.62. The first-order valence-electron chi connectivity index (χ1n) is 8.24. The number of amides is 1. The molecule has 0 bridgehead atoms. The molecule has 0 fully saturated rings. The molecular formula is C19H15F3N4O2. The number of nitrogens with one attached hydrogen (secondary N) is 2. The Kier molecular flexibility index (Phi) is 5.73. The lowest BCUT2D eigenvalue weighted by atomic mass is 10.2. The lowest BCUT2D eigenvalue weighted by Crippen LogP contribution is -2.16. The van der Waals surface area contributed by atoms with Crippen molar-refractivity contribution in [1.29, 1.82) is 0 Å². The second-order valence-electron chi connectivity index (χ2n) is 5.55. The van der Waals surface area contributed by atoms with Crippen LogP contribution in [0.15, 0.2) is 48.8 Å². The summed E-state index contributed by atoms with van der Waals surface area (Å²) >= 11 is 0. The van der Waals surface area contributed by atoms with E-state index in [1.807, 2.05) is 6.92 Å². The number of nitrogens with zero attached hydrogens (tertiary/aromatic N) is 2. The number of carbonyl (C=O) groups excluding carboxylic acids is 1. The third-order valence-electron chi connectivity index (χ3n) is 3.62. The Hall–Kier alpha value is -3.62. The average molecular weight is 388 g/mol. The van der Waals surface area contributed by atoms with Gasteiger partial charge in [-0.2, -0.15) is 0 Å². The molecule has 28 heavy (non-hydrogen) atoms. The second kappa shape index (κ2) is 8.38. The Morgan fingerprint density at radius 1 is 1.04 bits per heavy atom. The molecule has 9 heteroatoms. The van der Waals surface area contributed by atoms with E-state index in [-0.39, 0.29) is 5.69 Å². The highest BCUT2D eigenvalue weighted by molar-refractivity contribution is 6.03. The number of benzene rings is 2. The summed E-state index contributed by atoms with van der Waals surface area (Å²) in [6, 6.07) is 10.1. The van der Waals surface area contributed by atoms with Crippen LogP contribution in [0.25, 0.3) is 0 Å². The zero-order valence-corrected chi connectivity index (χ0v) is 14.7. The molecule has 3 rings (SSSR count). The van der Waals surface area contributed by atoms with Gasteiger partial charge in [-0.1, -0.05) is 0 Å². The Morgan fingerprint density at radius 2 is 1.79 bits per heavy atom. The fraction of sp³-hybridized carbons (Fsp3) is 0.105. The molecule has 0 aliphatic rings. The van der Waals surface area contributed by atoms with Crippen LogP contribution in [0.2, 0.25) is 0 Å². The highest BCUT2D eigenvalue weighted by Crippen LogP contribution is 2.21. The summed E-state index contributed by atoms with van der Waals surface area (Å²) in [7, 11) is 0. The summed E-state index contributed by atoms with van der Waals surface area (Å²) in [5.74, 6) is -4.28. The Morgan fingerprint density at radius 3 is 2.50 bits per heavy atom. The van der Waals surface area contributed by atoms with Crippen LogP contribution in [0.5, 0.6) is 5.75 Å². The third kappa shape index (κ3) is 4.37. The van der Waals surface area contributed by atoms with E-state index in [9.17, 15) is 18.0 Å². The number of ether oxygens (including phenoxy) is 1. The van der Waals surface area contributed by atoms with Gasteiger partial charge < -0.3 is 15.4 Å². The van der Waals surface area contributed by atoms with Crippen LogP contribution < -0.4 is 15.4 Å². The number of hydrogen-bond acceptors (Lipinski definition) is 5. The van der Waals surface area contributed by atoms with Gasteiger partial charge in [0.15, 0.2) is 17.5 Å². The molecular weight excluding hydrogens is 373 g/mol. The molecule has 1 amide bonds. The van der Waals surface area contributed by atoms with E-state index in [0.29, 0.717) is 29.9 Å². The van der Waals surface area contributed by atoms with E-state index in [1.165, 1.54) is 6.07 Å². The van der Waals surface area contributed by atoms with Gasteiger partial charge in [0, 0.05) is 11.8 Å². The van der Waals surface area contributed by atoms with Gasteiger partial charge in [-0.05, 0) is 43.3 Å². The monoisotopic (exact) mass is 388 g/mol. The molecule has 144 valence electrons. The predicted molar refractivity (Wildman–Crippen MR) is 97.2 cm³/mol. The summed E-state index contributed by atoms with van der Waals surface area (Å²) in [5, 5.41) is 5.14. The fourth-order valence-corrected chi connectivity index (χ4v) is 2.31. The molecule has 0 saturated heterocycles. The van der Waals surface area contributed by atoms with Crippen molar-refractivity contribution in [2.24, 2.45) is 0 Å². The van der Waals surface area contributed by atoms with Crippen molar-refractivity contribution >= 4 is 23.1 Å². The lowest BCUT2D eigenvalue weighted by Gasteiger charge is -2.09. The van der Waals surface area contributed by atoms with Crippen LogP contribution in [0.3, 0.4) is 0 Å². The molecule has 6 nitrogen and oxygen atoms in total. The first kappa shape index (κ1) is 19.2. The molecule has 0 radical (unpaired) electrons. The number of anilines is 3. The van der Waals surface area contributed by atoms with Gasteiger partial charge in [-0.15, -0.1) is 0 Å². The average Bonchev–Trinajstić information content (AvgIpc) is 2.70. The molecule has 1 aromatic heterocycles. The quantitative estimate of drug-likeness (QED) is 0.616. The SMILES string of the molecule is CCOc1ccc(Nc2cc(C(=O)Nc3ccc(F)c(F)c3F)ncn2)cc1. The maximum Gasteiger partial charge on any atom is 0.274 e. The highest BCUT2D eigenvalue weighted by atomic mass is 19.2. The zero-order valence-electron chi connectivity index (χ0n) is 14.7. The van der Waals surface area contributed by atoms with E-state index in [0.717, 1.165) is 12.4 Å². The van der Waals surface area contributed by atoms with Crippen molar-refractivity contribution in [1.82, 2.24) is 9.97 Å². The van der Waals surface area contributed by atoms with E-state index >= 15 is 0 Å². The van der Waals surface area contributed by atoms with Gasteiger partial charge in [0.25, 0.3) is 5.91 Å². The maximum absolute atomic E-state index is 13.7. The van der Waals surface area contributed by atoms with Crippen LogP contribution in [-0.2, 0) is 0 Å². The topological polar surface area (TPSA) is 76.1 Å². The van der Waals surface area contributed by atoms with E-state index < -0.39 is 29.0 Å². The smallest absolute Gasteiger partial charge is 0.274 e. The molecule has 0 unspecified atom stereocenters. The number of rotatable bonds is 6. The predicted octanol–water partition coefficient (Wildman–Crippen LogP) is 4.29. The first-order valence-corrected chi connectivity index (χ1v) is 8.24. The van der Waals surface area contributed by atoms with Gasteiger partial charge in [0.05, 0.1) is 12.3 Å². The summed E-state index contributed by atoms with van der Waals surface area (Å²) in [4.78, 5) is 20.1. The number of carbonyl (C=O) groups is 1. The lowest BCUT2D eigenvalue weighted by molar-refractivity contribution is 0.102. The molecule has 0 spiro atoms. The number of hydrogen-bond donors (Lipinski definition) is 2. The first-order chi connectivity index (χ1) is 13.5. The normalized spacial score (nSPS) is 10.4. The van der Waals surface area contributed by atoms with Crippen LogP contribution in [0.4, 0.5) is 30.4 Å². The molecule has 1 heterocycles. The standard InChI is InChI=1S/C19H15F3N4O2/c1-2-28-12-5-3-11(4-6-12)25-16-9-15(23-10-24-16)19(27)26-14-8-7-13(20)17(21)18(14)22/h3-10H,2H2,1H3,(H,26,27)(H,23,24,25). The number of aromatic nitrogens is 2. The van der Waals surface area contributed by atoms with Crippen molar-refractivity contribution < 1.29 is 22.7 Å². The summed E-state index contributed by atoms with van der Waals surface area (Å²) in [6.45, 7) is 2.43. The van der Waals surface area contributed by atoms with Crippen molar-refractivity contribution in [3.05, 3.63) is 71.9 Å². The minimum atomic E-state index is -1.67. The Balaban J connectivity index is 1.73. The van der Waals surface area contributed by atoms with Gasteiger partial charge >= 0.3 is 0 Å². The molecule has 2 N–H and O–H groups in total. The molecule has 0 aliphatic carbocycles. The minimum absolute atomic E-state index is 0.0902. The number of halogens is 3. The van der Waals surface area contributed by atoms with Crippen molar-refractivity contribution in [2.45, 2.75) is 6.92 Å². The Labute approximate surface area is 158 Å². The van der Waals surface area contributed by atoms with Gasteiger partial charge in [-0.25, -0.2) is 23.1 Å². The highest BCUT2D eigenvalue weighted by Gasteiger charge is 2.17. The van der Waals surface area contributed by atoms with Crippen LogP contribution >= 0.6 is 0 Å². The molecule has 3 aromatic rings. The van der Waals surface area contributed by atoms with Crippen LogP contribution in [0.1, 0.15) is 17.4 Å². The van der Waals surface area contributed by atoms with Gasteiger partial charge in [-0.3, -0.25) is 4.79 Å². The summed E-state index contributed by atoms with van der Waals surface area (Å²) < 4.78 is 45.3. The minimum Gasteiger partial charge on any atom is -0.494 e.